The zero-order valence-electron chi connectivity index (χ0n) is 12.1. The van der Waals surface area contributed by atoms with Gasteiger partial charge in [0.15, 0.2) is 5.78 Å². The second-order valence-electron chi connectivity index (χ2n) is 5.79. The highest BCUT2D eigenvalue weighted by atomic mass is 19.1. The third kappa shape index (κ3) is 2.75. The molecule has 0 bridgehead atoms. The molecule has 0 amide bonds. The van der Waals surface area contributed by atoms with E-state index in [1.54, 1.807) is 0 Å². The number of hydrogen-bond donors (Lipinski definition) is 0. The summed E-state index contributed by atoms with van der Waals surface area (Å²) in [6.07, 6.45) is 5.61. The summed E-state index contributed by atoms with van der Waals surface area (Å²) in [6, 6.07) is 3.20. The maximum Gasteiger partial charge on any atom is 0.185 e. The first-order valence-corrected chi connectivity index (χ1v) is 7.15. The molecule has 0 heterocycles. The summed E-state index contributed by atoms with van der Waals surface area (Å²) in [6.45, 7) is 0. The molecule has 110 valence electrons. The van der Waals surface area contributed by atoms with E-state index in [9.17, 15) is 13.6 Å². The molecule has 0 spiro atoms. The molecular weight excluding hydrogens is 260 g/mol. The van der Waals surface area contributed by atoms with E-state index in [1.807, 2.05) is 19.0 Å². The van der Waals surface area contributed by atoms with Crippen molar-refractivity contribution in [1.82, 2.24) is 4.90 Å². The molecule has 0 N–H and O–H groups in total. The van der Waals surface area contributed by atoms with Crippen molar-refractivity contribution in [2.45, 2.75) is 44.1 Å². The number of benzene rings is 1. The van der Waals surface area contributed by atoms with E-state index in [0.29, 0.717) is 0 Å². The molecule has 0 radical (unpaired) electrons. The van der Waals surface area contributed by atoms with Crippen molar-refractivity contribution in [1.29, 1.82) is 0 Å². The number of carbonyl (C=O) groups excluding carboxylic acids is 1. The third-order valence-electron chi connectivity index (χ3n) is 4.39. The number of carbonyl (C=O) groups is 1. The van der Waals surface area contributed by atoms with Crippen molar-refractivity contribution in [2.24, 2.45) is 0 Å². The van der Waals surface area contributed by atoms with Crippen molar-refractivity contribution in [3.8, 4) is 0 Å². The van der Waals surface area contributed by atoms with E-state index >= 15 is 0 Å². The van der Waals surface area contributed by atoms with Crippen LogP contribution in [0.2, 0.25) is 0 Å². The van der Waals surface area contributed by atoms with Gasteiger partial charge in [0, 0.05) is 6.07 Å². The zero-order valence-corrected chi connectivity index (χ0v) is 12.1. The summed E-state index contributed by atoms with van der Waals surface area (Å²) < 4.78 is 26.9. The van der Waals surface area contributed by atoms with Crippen LogP contribution in [0.5, 0.6) is 0 Å². The minimum atomic E-state index is -0.763. The van der Waals surface area contributed by atoms with Crippen LogP contribution in [0.15, 0.2) is 18.2 Å². The molecule has 0 aromatic heterocycles. The van der Waals surface area contributed by atoms with Crippen LogP contribution in [0.1, 0.15) is 48.9 Å². The van der Waals surface area contributed by atoms with E-state index < -0.39 is 17.2 Å². The molecule has 1 aromatic carbocycles. The van der Waals surface area contributed by atoms with Crippen LogP contribution >= 0.6 is 0 Å². The van der Waals surface area contributed by atoms with Gasteiger partial charge in [0.1, 0.15) is 11.6 Å². The van der Waals surface area contributed by atoms with Gasteiger partial charge in [-0.1, -0.05) is 25.7 Å². The molecule has 2 rings (SSSR count). The molecule has 4 heteroatoms. The fourth-order valence-electron chi connectivity index (χ4n) is 3.12. The zero-order chi connectivity index (χ0) is 14.8. The Morgan fingerprint density at radius 3 is 2.20 bits per heavy atom. The molecule has 0 atom stereocenters. The van der Waals surface area contributed by atoms with Gasteiger partial charge in [0.2, 0.25) is 0 Å². The minimum absolute atomic E-state index is 0.00185. The molecular formula is C16H21F2NO. The van der Waals surface area contributed by atoms with Crippen molar-refractivity contribution < 1.29 is 13.6 Å². The summed E-state index contributed by atoms with van der Waals surface area (Å²) >= 11 is 0. The van der Waals surface area contributed by atoms with Crippen LogP contribution in [-0.2, 0) is 0 Å². The Bertz CT molecular complexity index is 491. The summed E-state index contributed by atoms with van der Waals surface area (Å²) in [5, 5.41) is 0. The molecule has 1 aromatic rings. The van der Waals surface area contributed by atoms with Gasteiger partial charge < -0.3 is 0 Å². The summed E-state index contributed by atoms with van der Waals surface area (Å²) in [4.78, 5) is 14.8. The van der Waals surface area contributed by atoms with Gasteiger partial charge in [-0.25, -0.2) is 8.78 Å². The fraction of sp³-hybridized carbons (Fsp3) is 0.562. The maximum atomic E-state index is 13.9. The molecule has 0 unspecified atom stereocenters. The lowest BCUT2D eigenvalue weighted by Gasteiger charge is -2.38. The number of hydrogen-bond acceptors (Lipinski definition) is 2. The van der Waals surface area contributed by atoms with Gasteiger partial charge in [0.25, 0.3) is 0 Å². The molecule has 1 aliphatic rings. The highest BCUT2D eigenvalue weighted by molar-refractivity contribution is 6.03. The van der Waals surface area contributed by atoms with E-state index in [4.69, 9.17) is 0 Å². The van der Waals surface area contributed by atoms with Crippen molar-refractivity contribution >= 4 is 5.78 Å². The standard InChI is InChI=1S/C16H21F2NO/c1-19(2)16(9-5-3-4-6-10-16)15(20)13-8-7-12(17)11-14(13)18/h7-8,11H,3-6,9-10H2,1-2H3. The van der Waals surface area contributed by atoms with Crippen LogP contribution in [0.3, 0.4) is 0 Å². The van der Waals surface area contributed by atoms with E-state index in [2.05, 4.69) is 0 Å². The van der Waals surface area contributed by atoms with Crippen LogP contribution in [0.4, 0.5) is 8.78 Å². The second kappa shape index (κ2) is 6.00. The molecule has 0 saturated heterocycles. The first-order valence-electron chi connectivity index (χ1n) is 7.15. The maximum absolute atomic E-state index is 13.9. The number of ketones is 1. The Balaban J connectivity index is 2.40. The lowest BCUT2D eigenvalue weighted by atomic mass is 9.81. The van der Waals surface area contributed by atoms with Gasteiger partial charge in [0.05, 0.1) is 11.1 Å². The van der Waals surface area contributed by atoms with E-state index in [1.165, 1.54) is 6.07 Å². The lowest BCUT2D eigenvalue weighted by molar-refractivity contribution is 0.0630. The van der Waals surface area contributed by atoms with Crippen LogP contribution < -0.4 is 0 Å². The van der Waals surface area contributed by atoms with Gasteiger partial charge in [-0.15, -0.1) is 0 Å². The van der Waals surface area contributed by atoms with E-state index in [0.717, 1.165) is 50.7 Å². The van der Waals surface area contributed by atoms with Crippen molar-refractivity contribution in [3.05, 3.63) is 35.4 Å². The molecule has 20 heavy (non-hydrogen) atoms. The summed E-state index contributed by atoms with van der Waals surface area (Å²) in [7, 11) is 3.73. The Labute approximate surface area is 118 Å². The fourth-order valence-corrected chi connectivity index (χ4v) is 3.12. The van der Waals surface area contributed by atoms with Gasteiger partial charge in [-0.3, -0.25) is 9.69 Å². The largest absolute Gasteiger partial charge is 0.297 e. The smallest absolute Gasteiger partial charge is 0.185 e. The molecule has 1 aliphatic carbocycles. The highest BCUT2D eigenvalue weighted by Gasteiger charge is 2.41. The number of likely N-dealkylation sites (N-methyl/N-ethyl adjacent to an activating group) is 1. The average Bonchev–Trinajstić information content (AvgIpc) is 2.64. The predicted molar refractivity (Wildman–Crippen MR) is 74.8 cm³/mol. The molecule has 0 aliphatic heterocycles. The molecule has 2 nitrogen and oxygen atoms in total. The van der Waals surface area contributed by atoms with Gasteiger partial charge >= 0.3 is 0 Å². The summed E-state index contributed by atoms with van der Waals surface area (Å²) in [5.41, 5.74) is -0.656. The highest BCUT2D eigenvalue weighted by Crippen LogP contribution is 2.34. The van der Waals surface area contributed by atoms with Crippen LogP contribution in [0.25, 0.3) is 0 Å². The first-order chi connectivity index (χ1) is 9.47. The second-order valence-corrected chi connectivity index (χ2v) is 5.79. The number of rotatable bonds is 3. The minimum Gasteiger partial charge on any atom is -0.297 e. The average molecular weight is 281 g/mol. The van der Waals surface area contributed by atoms with Crippen molar-refractivity contribution in [2.75, 3.05) is 14.1 Å². The first kappa shape index (κ1) is 15.1. The van der Waals surface area contributed by atoms with Crippen LogP contribution in [0, 0.1) is 11.6 Å². The third-order valence-corrected chi connectivity index (χ3v) is 4.39. The van der Waals surface area contributed by atoms with Gasteiger partial charge in [-0.05, 0) is 39.1 Å². The normalized spacial score (nSPS) is 18.9. The lowest BCUT2D eigenvalue weighted by Crippen LogP contribution is -2.51. The SMILES string of the molecule is CN(C)C1(C(=O)c2ccc(F)cc2F)CCCCCC1. The number of halogens is 2. The molecule has 1 saturated carbocycles. The monoisotopic (exact) mass is 281 g/mol. The number of nitrogens with zero attached hydrogens (tertiary/aromatic N) is 1. The quantitative estimate of drug-likeness (QED) is 0.620. The predicted octanol–water partition coefficient (Wildman–Crippen LogP) is 3.80. The van der Waals surface area contributed by atoms with Crippen LogP contribution in [-0.4, -0.2) is 30.3 Å². The number of Topliss-reactive ketones (excluding diaryl/α,β-unsaturated/α-hetero) is 1. The Kier molecular flexibility index (Phi) is 4.53. The topological polar surface area (TPSA) is 20.3 Å². The van der Waals surface area contributed by atoms with E-state index in [-0.39, 0.29) is 11.3 Å². The Morgan fingerprint density at radius 1 is 1.10 bits per heavy atom. The Hall–Kier alpha value is -1.29. The van der Waals surface area contributed by atoms with Crippen molar-refractivity contribution in [3.63, 3.8) is 0 Å². The van der Waals surface area contributed by atoms with Gasteiger partial charge in [-0.2, -0.15) is 0 Å². The Morgan fingerprint density at radius 2 is 1.70 bits per heavy atom. The summed E-state index contributed by atoms with van der Waals surface area (Å²) in [5.74, 6) is -1.64. The molecule has 1 fully saturated rings.